The molecule has 0 radical (unpaired) electrons. The quantitative estimate of drug-likeness (QED) is 0.884. The van der Waals surface area contributed by atoms with Gasteiger partial charge in [-0.3, -0.25) is 0 Å². The van der Waals surface area contributed by atoms with Gasteiger partial charge in [0.25, 0.3) is 0 Å². The van der Waals surface area contributed by atoms with Gasteiger partial charge in [0.2, 0.25) is 0 Å². The molecule has 0 bridgehead atoms. The summed E-state index contributed by atoms with van der Waals surface area (Å²) >= 11 is 0. The molecule has 0 amide bonds. The van der Waals surface area contributed by atoms with Crippen LogP contribution in [0.15, 0.2) is 34.9 Å². The van der Waals surface area contributed by atoms with Gasteiger partial charge in [0.15, 0.2) is 5.89 Å². The normalized spacial score (nSPS) is 12.6. The van der Waals surface area contributed by atoms with Gasteiger partial charge in [0, 0.05) is 12.8 Å². The molecular weight excluding hydrogens is 221 g/mol. The SMILES string of the molecule is CC(O)Cc1cnc(Cc2cccc(F)c2)o1. The van der Waals surface area contributed by atoms with Gasteiger partial charge in [0.05, 0.1) is 12.3 Å². The highest BCUT2D eigenvalue weighted by atomic mass is 19.1. The van der Waals surface area contributed by atoms with E-state index in [1.165, 1.54) is 12.1 Å². The van der Waals surface area contributed by atoms with Crippen LogP contribution in [0.5, 0.6) is 0 Å². The van der Waals surface area contributed by atoms with E-state index in [9.17, 15) is 9.50 Å². The smallest absolute Gasteiger partial charge is 0.198 e. The first kappa shape index (κ1) is 11.8. The second kappa shape index (κ2) is 5.10. The molecule has 90 valence electrons. The van der Waals surface area contributed by atoms with E-state index in [-0.39, 0.29) is 5.82 Å². The molecular formula is C13H14FNO2. The van der Waals surface area contributed by atoms with Crippen LogP contribution in [0, 0.1) is 5.82 Å². The first-order valence-corrected chi connectivity index (χ1v) is 5.49. The van der Waals surface area contributed by atoms with Gasteiger partial charge in [-0.25, -0.2) is 9.37 Å². The fourth-order valence-electron chi connectivity index (χ4n) is 1.64. The van der Waals surface area contributed by atoms with Crippen LogP contribution in [0.25, 0.3) is 0 Å². The minimum Gasteiger partial charge on any atom is -0.445 e. The van der Waals surface area contributed by atoms with Crippen LogP contribution in [0.3, 0.4) is 0 Å². The number of hydrogen-bond donors (Lipinski definition) is 1. The number of halogens is 1. The van der Waals surface area contributed by atoms with Gasteiger partial charge in [-0.05, 0) is 24.6 Å². The molecule has 17 heavy (non-hydrogen) atoms. The Kier molecular flexibility index (Phi) is 3.54. The highest BCUT2D eigenvalue weighted by Crippen LogP contribution is 2.12. The van der Waals surface area contributed by atoms with Crippen LogP contribution in [-0.4, -0.2) is 16.2 Å². The predicted molar refractivity (Wildman–Crippen MR) is 61.1 cm³/mol. The van der Waals surface area contributed by atoms with Crippen molar-refractivity contribution in [2.24, 2.45) is 0 Å². The third-order valence-electron chi connectivity index (χ3n) is 2.34. The van der Waals surface area contributed by atoms with Gasteiger partial charge >= 0.3 is 0 Å². The van der Waals surface area contributed by atoms with E-state index in [0.717, 1.165) is 5.56 Å². The zero-order valence-electron chi connectivity index (χ0n) is 9.56. The lowest BCUT2D eigenvalue weighted by Crippen LogP contribution is -2.02. The predicted octanol–water partition coefficient (Wildman–Crippen LogP) is 2.33. The van der Waals surface area contributed by atoms with Crippen molar-refractivity contribution in [3.8, 4) is 0 Å². The Hall–Kier alpha value is -1.68. The first-order chi connectivity index (χ1) is 8.13. The second-order valence-electron chi connectivity index (χ2n) is 4.08. The second-order valence-corrected chi connectivity index (χ2v) is 4.08. The van der Waals surface area contributed by atoms with Crippen molar-refractivity contribution in [1.82, 2.24) is 4.98 Å². The van der Waals surface area contributed by atoms with Gasteiger partial charge in [-0.2, -0.15) is 0 Å². The van der Waals surface area contributed by atoms with Crippen molar-refractivity contribution in [2.75, 3.05) is 0 Å². The molecule has 1 unspecified atom stereocenters. The van der Waals surface area contributed by atoms with E-state index in [4.69, 9.17) is 4.42 Å². The van der Waals surface area contributed by atoms with E-state index in [1.807, 2.05) is 6.07 Å². The van der Waals surface area contributed by atoms with Crippen LogP contribution in [-0.2, 0) is 12.8 Å². The van der Waals surface area contributed by atoms with Crippen LogP contribution in [0.1, 0.15) is 24.1 Å². The lowest BCUT2D eigenvalue weighted by Gasteiger charge is -1.99. The standard InChI is InChI=1S/C13H14FNO2/c1-9(16)5-12-8-15-13(17-12)7-10-3-2-4-11(14)6-10/h2-4,6,8-9,16H,5,7H2,1H3. The molecule has 0 spiro atoms. The van der Waals surface area contributed by atoms with Crippen LogP contribution >= 0.6 is 0 Å². The summed E-state index contributed by atoms with van der Waals surface area (Å²) in [5.74, 6) is 0.913. The minimum atomic E-state index is -0.454. The molecule has 1 aromatic heterocycles. The summed E-state index contributed by atoms with van der Waals surface area (Å²) in [6.45, 7) is 1.69. The summed E-state index contributed by atoms with van der Waals surface area (Å²) < 4.78 is 18.4. The number of aromatic nitrogens is 1. The Morgan fingerprint density at radius 1 is 1.47 bits per heavy atom. The van der Waals surface area contributed by atoms with Gasteiger partial charge in [-0.15, -0.1) is 0 Å². The first-order valence-electron chi connectivity index (χ1n) is 5.49. The summed E-state index contributed by atoms with van der Waals surface area (Å²) in [5, 5.41) is 9.20. The van der Waals surface area contributed by atoms with Crippen molar-refractivity contribution in [1.29, 1.82) is 0 Å². The Balaban J connectivity index is 2.06. The molecule has 0 aliphatic carbocycles. The molecule has 2 rings (SSSR count). The molecule has 2 aromatic rings. The molecule has 0 fully saturated rings. The van der Waals surface area contributed by atoms with Crippen LogP contribution < -0.4 is 0 Å². The average molecular weight is 235 g/mol. The number of aliphatic hydroxyl groups is 1. The molecule has 3 nitrogen and oxygen atoms in total. The molecule has 1 N–H and O–H groups in total. The van der Waals surface area contributed by atoms with E-state index in [1.54, 1.807) is 19.2 Å². The highest BCUT2D eigenvalue weighted by molar-refractivity contribution is 5.19. The number of nitrogens with zero attached hydrogens (tertiary/aromatic N) is 1. The number of hydrogen-bond acceptors (Lipinski definition) is 3. The average Bonchev–Trinajstić information content (AvgIpc) is 2.64. The summed E-state index contributed by atoms with van der Waals surface area (Å²) in [5.41, 5.74) is 0.815. The third-order valence-corrected chi connectivity index (χ3v) is 2.34. The van der Waals surface area contributed by atoms with Gasteiger partial charge in [-0.1, -0.05) is 12.1 Å². The fraction of sp³-hybridized carbons (Fsp3) is 0.308. The number of benzene rings is 1. The van der Waals surface area contributed by atoms with Gasteiger partial charge < -0.3 is 9.52 Å². The molecule has 1 heterocycles. The van der Waals surface area contributed by atoms with E-state index in [2.05, 4.69) is 4.98 Å². The maximum atomic E-state index is 13.0. The van der Waals surface area contributed by atoms with Gasteiger partial charge in [0.1, 0.15) is 11.6 Å². The lowest BCUT2D eigenvalue weighted by atomic mass is 10.1. The third kappa shape index (κ3) is 3.39. The van der Waals surface area contributed by atoms with E-state index < -0.39 is 6.10 Å². The Labute approximate surface area is 98.9 Å². The Morgan fingerprint density at radius 2 is 2.29 bits per heavy atom. The summed E-state index contributed by atoms with van der Waals surface area (Å²) in [4.78, 5) is 4.09. The zero-order chi connectivity index (χ0) is 12.3. The van der Waals surface area contributed by atoms with E-state index >= 15 is 0 Å². The van der Waals surface area contributed by atoms with Crippen molar-refractivity contribution in [3.63, 3.8) is 0 Å². The summed E-state index contributed by atoms with van der Waals surface area (Å²) in [7, 11) is 0. The fourth-order valence-corrected chi connectivity index (χ4v) is 1.64. The summed E-state index contributed by atoms with van der Waals surface area (Å²) in [6, 6.07) is 6.34. The maximum Gasteiger partial charge on any atom is 0.198 e. The summed E-state index contributed by atoms with van der Waals surface area (Å²) in [6.07, 6.45) is 2.04. The minimum absolute atomic E-state index is 0.265. The molecule has 1 aromatic carbocycles. The molecule has 0 saturated heterocycles. The topological polar surface area (TPSA) is 46.3 Å². The maximum absolute atomic E-state index is 13.0. The number of aliphatic hydroxyl groups excluding tert-OH is 1. The largest absolute Gasteiger partial charge is 0.445 e. The van der Waals surface area contributed by atoms with Crippen LogP contribution in [0.2, 0.25) is 0 Å². The Bertz CT molecular complexity index is 494. The van der Waals surface area contributed by atoms with E-state index in [0.29, 0.717) is 24.5 Å². The highest BCUT2D eigenvalue weighted by Gasteiger charge is 2.07. The molecule has 0 aliphatic rings. The molecule has 4 heteroatoms. The monoisotopic (exact) mass is 235 g/mol. The zero-order valence-corrected chi connectivity index (χ0v) is 9.56. The molecule has 1 atom stereocenters. The van der Waals surface area contributed by atoms with Crippen molar-refractivity contribution >= 4 is 0 Å². The van der Waals surface area contributed by atoms with Crippen molar-refractivity contribution < 1.29 is 13.9 Å². The Morgan fingerprint density at radius 3 is 3.00 bits per heavy atom. The van der Waals surface area contributed by atoms with Crippen molar-refractivity contribution in [2.45, 2.75) is 25.9 Å². The number of rotatable bonds is 4. The molecule has 0 saturated carbocycles. The van der Waals surface area contributed by atoms with Crippen molar-refractivity contribution in [3.05, 3.63) is 53.5 Å². The molecule has 0 aliphatic heterocycles. The number of oxazole rings is 1. The lowest BCUT2D eigenvalue weighted by molar-refractivity contribution is 0.186. The van der Waals surface area contributed by atoms with Crippen LogP contribution in [0.4, 0.5) is 4.39 Å².